The summed E-state index contributed by atoms with van der Waals surface area (Å²) in [5.41, 5.74) is 1.42. The van der Waals surface area contributed by atoms with Gasteiger partial charge in [-0.25, -0.2) is 4.39 Å². The summed E-state index contributed by atoms with van der Waals surface area (Å²) in [5.74, 6) is -0.310. The number of halogens is 1. The largest absolute Gasteiger partial charge is 0.383 e. The first-order chi connectivity index (χ1) is 9.13. The summed E-state index contributed by atoms with van der Waals surface area (Å²) in [6, 6.07) is 14.6. The highest BCUT2D eigenvalue weighted by Gasteiger charge is 2.14. The van der Waals surface area contributed by atoms with Crippen LogP contribution in [0.5, 0.6) is 0 Å². The van der Waals surface area contributed by atoms with Crippen LogP contribution in [0.4, 0.5) is 4.39 Å². The van der Waals surface area contributed by atoms with Crippen LogP contribution in [-0.2, 0) is 0 Å². The Kier molecular flexibility index (Phi) is 3.09. The molecule has 3 aromatic rings. The molecule has 19 heavy (non-hydrogen) atoms. The van der Waals surface area contributed by atoms with Gasteiger partial charge in [0.2, 0.25) is 0 Å². The lowest BCUT2D eigenvalue weighted by molar-refractivity contribution is 0.223. The van der Waals surface area contributed by atoms with Crippen LogP contribution < -0.4 is 0 Å². The van der Waals surface area contributed by atoms with Gasteiger partial charge in [0.25, 0.3) is 0 Å². The summed E-state index contributed by atoms with van der Waals surface area (Å²) >= 11 is 1.54. The van der Waals surface area contributed by atoms with E-state index in [0.717, 1.165) is 20.5 Å². The molecule has 3 rings (SSSR count). The van der Waals surface area contributed by atoms with Crippen LogP contribution >= 0.6 is 11.3 Å². The molecule has 1 aromatic heterocycles. The van der Waals surface area contributed by atoms with Gasteiger partial charge in [0.15, 0.2) is 0 Å². The molecule has 1 N–H and O–H groups in total. The molecule has 0 bridgehead atoms. The van der Waals surface area contributed by atoms with Gasteiger partial charge in [-0.1, -0.05) is 24.3 Å². The number of hydrogen-bond donors (Lipinski definition) is 1. The highest BCUT2D eigenvalue weighted by molar-refractivity contribution is 7.19. The van der Waals surface area contributed by atoms with Gasteiger partial charge in [-0.2, -0.15) is 0 Å². The number of benzene rings is 2. The van der Waals surface area contributed by atoms with Gasteiger partial charge in [0.05, 0.1) is 0 Å². The van der Waals surface area contributed by atoms with Crippen molar-refractivity contribution < 1.29 is 9.50 Å². The smallest absolute Gasteiger partial charge is 0.123 e. The predicted molar refractivity (Wildman–Crippen MR) is 77.0 cm³/mol. The van der Waals surface area contributed by atoms with Gasteiger partial charge in [0, 0.05) is 9.58 Å². The van der Waals surface area contributed by atoms with E-state index < -0.39 is 6.10 Å². The maximum Gasteiger partial charge on any atom is 0.123 e. The van der Waals surface area contributed by atoms with E-state index in [0.29, 0.717) is 5.56 Å². The zero-order chi connectivity index (χ0) is 13.4. The molecule has 0 amide bonds. The zero-order valence-electron chi connectivity index (χ0n) is 10.4. The van der Waals surface area contributed by atoms with Gasteiger partial charge in [-0.3, -0.25) is 0 Å². The molecule has 1 heterocycles. The van der Waals surface area contributed by atoms with Crippen molar-refractivity contribution in [3.05, 3.63) is 70.4 Å². The van der Waals surface area contributed by atoms with E-state index in [1.54, 1.807) is 0 Å². The van der Waals surface area contributed by atoms with Crippen molar-refractivity contribution in [2.24, 2.45) is 0 Å². The van der Waals surface area contributed by atoms with Crippen molar-refractivity contribution >= 4 is 21.4 Å². The minimum atomic E-state index is -0.771. The Labute approximate surface area is 115 Å². The third kappa shape index (κ3) is 2.39. The quantitative estimate of drug-likeness (QED) is 0.731. The van der Waals surface area contributed by atoms with Gasteiger partial charge < -0.3 is 5.11 Å². The second kappa shape index (κ2) is 4.76. The Balaban J connectivity index is 2.05. The van der Waals surface area contributed by atoms with Crippen molar-refractivity contribution in [1.82, 2.24) is 0 Å². The Morgan fingerprint density at radius 3 is 2.63 bits per heavy atom. The Morgan fingerprint density at radius 2 is 1.89 bits per heavy atom. The van der Waals surface area contributed by atoms with E-state index in [1.807, 2.05) is 43.3 Å². The molecule has 1 atom stereocenters. The molecule has 0 aliphatic carbocycles. The number of thiophene rings is 1. The van der Waals surface area contributed by atoms with Crippen LogP contribution in [0.15, 0.2) is 48.5 Å². The zero-order valence-corrected chi connectivity index (χ0v) is 11.2. The van der Waals surface area contributed by atoms with E-state index >= 15 is 0 Å². The minimum absolute atomic E-state index is 0.310. The van der Waals surface area contributed by atoms with Crippen LogP contribution in [0.25, 0.3) is 10.1 Å². The van der Waals surface area contributed by atoms with Gasteiger partial charge in [0.1, 0.15) is 11.9 Å². The SMILES string of the molecule is Cc1cc(F)cc(C(O)c2cc3ccccc3s2)c1. The van der Waals surface area contributed by atoms with Crippen molar-refractivity contribution in [2.45, 2.75) is 13.0 Å². The molecule has 1 nitrogen and oxygen atoms in total. The molecule has 0 spiro atoms. The van der Waals surface area contributed by atoms with Crippen LogP contribution in [0.3, 0.4) is 0 Å². The van der Waals surface area contributed by atoms with E-state index in [-0.39, 0.29) is 5.82 Å². The number of aliphatic hydroxyl groups is 1. The summed E-state index contributed by atoms with van der Waals surface area (Å²) in [5, 5.41) is 11.5. The molecular formula is C16H13FOS. The first kappa shape index (κ1) is 12.3. The minimum Gasteiger partial charge on any atom is -0.383 e. The van der Waals surface area contributed by atoms with E-state index in [2.05, 4.69) is 0 Å². The standard InChI is InChI=1S/C16H13FOS/c1-10-6-12(8-13(17)7-10)16(18)15-9-11-4-2-3-5-14(11)19-15/h2-9,16,18H,1H3. The Bertz CT molecular complexity index is 679. The van der Waals surface area contributed by atoms with Crippen LogP contribution in [0.2, 0.25) is 0 Å². The third-order valence-corrected chi connectivity index (χ3v) is 4.26. The van der Waals surface area contributed by atoms with Gasteiger partial charge in [-0.15, -0.1) is 11.3 Å². The molecule has 3 heteroatoms. The maximum absolute atomic E-state index is 13.4. The second-order valence-corrected chi connectivity index (χ2v) is 5.77. The highest BCUT2D eigenvalue weighted by atomic mass is 32.1. The monoisotopic (exact) mass is 272 g/mol. The summed E-state index contributed by atoms with van der Waals surface area (Å²) in [7, 11) is 0. The van der Waals surface area contributed by atoms with E-state index in [9.17, 15) is 9.50 Å². The fourth-order valence-electron chi connectivity index (χ4n) is 2.22. The third-order valence-electron chi connectivity index (χ3n) is 3.09. The maximum atomic E-state index is 13.4. The summed E-state index contributed by atoms with van der Waals surface area (Å²) in [6.45, 7) is 1.82. The molecule has 0 fully saturated rings. The van der Waals surface area contributed by atoms with Crippen molar-refractivity contribution in [2.75, 3.05) is 0 Å². The van der Waals surface area contributed by atoms with Crippen molar-refractivity contribution in [3.8, 4) is 0 Å². The number of aryl methyl sites for hydroxylation is 1. The average molecular weight is 272 g/mol. The van der Waals surface area contributed by atoms with Crippen molar-refractivity contribution in [1.29, 1.82) is 0 Å². The Hall–Kier alpha value is -1.71. The molecule has 2 aromatic carbocycles. The summed E-state index contributed by atoms with van der Waals surface area (Å²) < 4.78 is 14.5. The van der Waals surface area contributed by atoms with Crippen LogP contribution in [0, 0.1) is 12.7 Å². The second-order valence-electron chi connectivity index (χ2n) is 4.65. The number of fused-ring (bicyclic) bond motifs is 1. The lowest BCUT2D eigenvalue weighted by Gasteiger charge is -2.09. The first-order valence-corrected chi connectivity index (χ1v) is 6.89. The molecule has 1 unspecified atom stereocenters. The van der Waals surface area contributed by atoms with E-state index in [1.165, 1.54) is 23.5 Å². The predicted octanol–water partition coefficient (Wildman–Crippen LogP) is 4.43. The Morgan fingerprint density at radius 1 is 1.11 bits per heavy atom. The molecular weight excluding hydrogens is 259 g/mol. The molecule has 0 aliphatic rings. The fourth-order valence-corrected chi connectivity index (χ4v) is 3.30. The van der Waals surface area contributed by atoms with Crippen LogP contribution in [0.1, 0.15) is 22.1 Å². The average Bonchev–Trinajstić information content (AvgIpc) is 2.80. The molecule has 96 valence electrons. The molecule has 0 saturated carbocycles. The normalized spacial score (nSPS) is 12.8. The van der Waals surface area contributed by atoms with Crippen molar-refractivity contribution in [3.63, 3.8) is 0 Å². The fraction of sp³-hybridized carbons (Fsp3) is 0.125. The topological polar surface area (TPSA) is 20.2 Å². The van der Waals surface area contributed by atoms with Crippen LogP contribution in [-0.4, -0.2) is 5.11 Å². The van der Waals surface area contributed by atoms with Gasteiger partial charge >= 0.3 is 0 Å². The lowest BCUT2D eigenvalue weighted by Crippen LogP contribution is -1.98. The summed E-state index contributed by atoms with van der Waals surface area (Å²) in [6.07, 6.45) is -0.771. The molecule has 0 saturated heterocycles. The van der Waals surface area contributed by atoms with E-state index in [4.69, 9.17) is 0 Å². The summed E-state index contributed by atoms with van der Waals surface area (Å²) in [4.78, 5) is 0.839. The first-order valence-electron chi connectivity index (χ1n) is 6.07. The van der Waals surface area contributed by atoms with Gasteiger partial charge in [-0.05, 0) is 47.7 Å². The molecule has 0 aliphatic heterocycles. The number of aliphatic hydroxyl groups excluding tert-OH is 1. The lowest BCUT2D eigenvalue weighted by atomic mass is 10.0. The number of hydrogen-bond acceptors (Lipinski definition) is 2. The highest BCUT2D eigenvalue weighted by Crippen LogP contribution is 2.33. The molecule has 0 radical (unpaired) electrons. The number of rotatable bonds is 2.